The van der Waals surface area contributed by atoms with Crippen LogP contribution in [0.15, 0.2) is 18.5 Å². The molecule has 2 saturated carbocycles. The van der Waals surface area contributed by atoms with Crippen molar-refractivity contribution in [2.45, 2.75) is 45.7 Å². The van der Waals surface area contributed by atoms with Crippen LogP contribution < -0.4 is 0 Å². The van der Waals surface area contributed by atoms with Crippen LogP contribution in [0.5, 0.6) is 0 Å². The number of halogens is 1. The number of pyridine rings is 1. The van der Waals surface area contributed by atoms with E-state index in [9.17, 15) is 12.8 Å². The zero-order valence-corrected chi connectivity index (χ0v) is 13.7. The second kappa shape index (κ2) is 4.29. The summed E-state index contributed by atoms with van der Waals surface area (Å²) in [5.41, 5.74) is 0.568. The van der Waals surface area contributed by atoms with E-state index in [1.54, 1.807) is 10.5 Å². The fraction of sp³-hybridized carbons (Fsp3) is 0.688. The summed E-state index contributed by atoms with van der Waals surface area (Å²) in [6.45, 7) is 4.70. The van der Waals surface area contributed by atoms with Gasteiger partial charge in [0.1, 0.15) is 5.82 Å². The van der Waals surface area contributed by atoms with Crippen molar-refractivity contribution >= 4 is 10.0 Å². The van der Waals surface area contributed by atoms with Crippen LogP contribution in [-0.4, -0.2) is 29.5 Å². The highest BCUT2D eigenvalue weighted by molar-refractivity contribution is 7.89. The van der Waals surface area contributed by atoms with Crippen LogP contribution in [0.3, 0.4) is 0 Å². The molecule has 2 bridgehead atoms. The summed E-state index contributed by atoms with van der Waals surface area (Å²) in [6.07, 6.45) is 5.77. The molecule has 1 spiro atoms. The van der Waals surface area contributed by atoms with E-state index in [0.717, 1.165) is 25.5 Å². The smallest absolute Gasteiger partial charge is 0.215 e. The third kappa shape index (κ3) is 1.71. The first-order chi connectivity index (χ1) is 10.3. The van der Waals surface area contributed by atoms with Crippen molar-refractivity contribution in [3.8, 4) is 0 Å². The normalized spacial score (nSPS) is 38.3. The number of nitrogens with zero attached hydrogens (tertiary/aromatic N) is 2. The highest BCUT2D eigenvalue weighted by atomic mass is 32.2. The molecule has 1 unspecified atom stereocenters. The molecule has 3 fully saturated rings. The molecule has 0 N–H and O–H groups in total. The lowest BCUT2D eigenvalue weighted by molar-refractivity contribution is 0.112. The summed E-state index contributed by atoms with van der Waals surface area (Å²) in [5, 5.41) is 0. The lowest BCUT2D eigenvalue weighted by Gasteiger charge is -2.37. The summed E-state index contributed by atoms with van der Waals surface area (Å²) in [4.78, 5) is 3.84. The number of hydrogen-bond donors (Lipinski definition) is 0. The zero-order chi connectivity index (χ0) is 15.8. The van der Waals surface area contributed by atoms with Crippen LogP contribution in [0.25, 0.3) is 0 Å². The maximum Gasteiger partial charge on any atom is 0.215 e. The van der Waals surface area contributed by atoms with E-state index in [1.807, 2.05) is 0 Å². The lowest BCUT2D eigenvalue weighted by atomic mass is 9.69. The third-order valence-electron chi connectivity index (χ3n) is 6.63. The molecule has 2 heterocycles. The lowest BCUT2D eigenvalue weighted by Crippen LogP contribution is -2.41. The Morgan fingerprint density at radius 3 is 2.86 bits per heavy atom. The molecule has 1 aromatic rings. The summed E-state index contributed by atoms with van der Waals surface area (Å²) in [5.74, 6) is 0.426. The fourth-order valence-corrected chi connectivity index (χ4v) is 7.85. The second-order valence-corrected chi connectivity index (χ2v) is 9.60. The van der Waals surface area contributed by atoms with Crippen LogP contribution in [0.4, 0.5) is 4.39 Å². The molecular formula is C16H21FN2O2S. The third-order valence-corrected chi connectivity index (χ3v) is 8.61. The molecule has 1 saturated heterocycles. The first-order valence-electron chi connectivity index (χ1n) is 7.85. The molecule has 0 radical (unpaired) electrons. The van der Waals surface area contributed by atoms with Crippen molar-refractivity contribution in [2.24, 2.45) is 16.7 Å². The van der Waals surface area contributed by atoms with Crippen LogP contribution in [0, 0.1) is 22.6 Å². The highest BCUT2D eigenvalue weighted by Crippen LogP contribution is 2.70. The highest BCUT2D eigenvalue weighted by Gasteiger charge is 2.71. The van der Waals surface area contributed by atoms with Gasteiger partial charge in [0.15, 0.2) is 0 Å². The Bertz CT molecular complexity index is 733. The van der Waals surface area contributed by atoms with Gasteiger partial charge in [0.25, 0.3) is 0 Å². The minimum atomic E-state index is -3.29. The van der Waals surface area contributed by atoms with Crippen molar-refractivity contribution in [2.75, 3.05) is 5.75 Å². The molecular weight excluding hydrogens is 303 g/mol. The Balaban J connectivity index is 1.72. The van der Waals surface area contributed by atoms with Crippen LogP contribution in [0.1, 0.15) is 38.7 Å². The Kier molecular flexibility index (Phi) is 2.84. The van der Waals surface area contributed by atoms with Gasteiger partial charge in [-0.1, -0.05) is 13.8 Å². The molecule has 1 aromatic heterocycles. The maximum absolute atomic E-state index is 13.3. The second-order valence-electron chi connectivity index (χ2n) is 7.68. The molecule has 2 aliphatic carbocycles. The molecule has 22 heavy (non-hydrogen) atoms. The van der Waals surface area contributed by atoms with Crippen LogP contribution in [0.2, 0.25) is 0 Å². The molecule has 0 aromatic carbocycles. The Morgan fingerprint density at radius 2 is 2.18 bits per heavy atom. The standard InChI is InChI=1S/C16H21FN2O2S/c1-15(2)12-3-4-16(15)10-22(20,21)19(14(16)6-12)9-11-5-13(17)8-18-7-11/h5,7-8,12,14H,3-4,6,9-10H2,1-2H3/t12-,14+,16?/m1/s1. The number of aromatic nitrogens is 1. The average Bonchev–Trinajstić information content (AvgIpc) is 2.89. The predicted octanol–water partition coefficient (Wildman–Crippen LogP) is 2.56. The van der Waals surface area contributed by atoms with Crippen molar-refractivity contribution in [3.05, 3.63) is 29.8 Å². The van der Waals surface area contributed by atoms with E-state index in [4.69, 9.17) is 0 Å². The van der Waals surface area contributed by atoms with Gasteiger partial charge in [0.05, 0.1) is 11.9 Å². The molecule has 4 nitrogen and oxygen atoms in total. The van der Waals surface area contributed by atoms with Crippen LogP contribution >= 0.6 is 0 Å². The Labute approximate surface area is 130 Å². The van der Waals surface area contributed by atoms with E-state index < -0.39 is 15.8 Å². The zero-order valence-electron chi connectivity index (χ0n) is 12.9. The maximum atomic E-state index is 13.3. The van der Waals surface area contributed by atoms with Gasteiger partial charge in [-0.25, -0.2) is 12.8 Å². The van der Waals surface area contributed by atoms with Crippen molar-refractivity contribution in [3.63, 3.8) is 0 Å². The van der Waals surface area contributed by atoms with Gasteiger partial charge in [-0.05, 0) is 42.2 Å². The summed E-state index contributed by atoms with van der Waals surface area (Å²) in [6, 6.07) is 1.45. The van der Waals surface area contributed by atoms with Crippen molar-refractivity contribution < 1.29 is 12.8 Å². The SMILES string of the molecule is CC1(C)[C@@H]2CCC13CS(=O)(=O)N(Cc1cncc(F)c1)[C@H]3C2. The number of fused-ring (bicyclic) bond motifs is 1. The number of rotatable bonds is 2. The summed E-state index contributed by atoms with van der Waals surface area (Å²) < 4.78 is 40.5. The van der Waals surface area contributed by atoms with E-state index in [2.05, 4.69) is 18.8 Å². The van der Waals surface area contributed by atoms with Crippen molar-refractivity contribution in [1.82, 2.24) is 9.29 Å². The molecule has 4 rings (SSSR count). The monoisotopic (exact) mass is 324 g/mol. The Morgan fingerprint density at radius 1 is 1.41 bits per heavy atom. The van der Waals surface area contributed by atoms with E-state index in [1.165, 1.54) is 6.07 Å². The largest absolute Gasteiger partial charge is 0.261 e. The summed E-state index contributed by atoms with van der Waals surface area (Å²) >= 11 is 0. The van der Waals surface area contributed by atoms with Gasteiger partial charge in [-0.2, -0.15) is 4.31 Å². The topological polar surface area (TPSA) is 50.3 Å². The molecule has 3 aliphatic rings. The van der Waals surface area contributed by atoms with Gasteiger partial charge in [-0.3, -0.25) is 4.98 Å². The summed E-state index contributed by atoms with van der Waals surface area (Å²) in [7, 11) is -3.29. The molecule has 0 amide bonds. The average molecular weight is 324 g/mol. The van der Waals surface area contributed by atoms with Crippen LogP contribution in [-0.2, 0) is 16.6 Å². The quantitative estimate of drug-likeness (QED) is 0.840. The van der Waals surface area contributed by atoms with E-state index in [0.29, 0.717) is 11.5 Å². The van der Waals surface area contributed by atoms with Gasteiger partial charge >= 0.3 is 0 Å². The van der Waals surface area contributed by atoms with E-state index >= 15 is 0 Å². The molecule has 3 atom stereocenters. The molecule has 1 aliphatic heterocycles. The minimum Gasteiger partial charge on any atom is -0.261 e. The number of hydrogen-bond acceptors (Lipinski definition) is 3. The van der Waals surface area contributed by atoms with Gasteiger partial charge < -0.3 is 0 Å². The van der Waals surface area contributed by atoms with Gasteiger partial charge in [-0.15, -0.1) is 0 Å². The molecule has 6 heteroatoms. The van der Waals surface area contributed by atoms with Gasteiger partial charge in [0.2, 0.25) is 10.0 Å². The molecule has 120 valence electrons. The fourth-order valence-electron chi connectivity index (χ4n) is 5.31. The predicted molar refractivity (Wildman–Crippen MR) is 80.9 cm³/mol. The van der Waals surface area contributed by atoms with Gasteiger partial charge in [0, 0.05) is 24.2 Å². The van der Waals surface area contributed by atoms with Crippen molar-refractivity contribution in [1.29, 1.82) is 0 Å². The number of sulfonamides is 1. The first-order valence-corrected chi connectivity index (χ1v) is 9.46. The Hall–Kier alpha value is -1.01. The van der Waals surface area contributed by atoms with E-state index in [-0.39, 0.29) is 29.2 Å². The first kappa shape index (κ1) is 14.6. The minimum absolute atomic E-state index is 0.0644.